The predicted molar refractivity (Wildman–Crippen MR) is 148 cm³/mol. The largest absolute Gasteiger partial charge is 0.469 e. The van der Waals surface area contributed by atoms with Gasteiger partial charge in [-0.2, -0.15) is 0 Å². The van der Waals surface area contributed by atoms with Gasteiger partial charge in [-0.1, -0.05) is 48.5 Å². The smallest absolute Gasteiger partial charge is 0.305 e. The van der Waals surface area contributed by atoms with Gasteiger partial charge in [0.15, 0.2) is 5.13 Å². The Hall–Kier alpha value is -4.50. The molecule has 2 N–H and O–H groups in total. The highest BCUT2D eigenvalue weighted by molar-refractivity contribution is 7.14. The van der Waals surface area contributed by atoms with Gasteiger partial charge in [0.05, 0.1) is 41.6 Å². The van der Waals surface area contributed by atoms with Crippen LogP contribution in [0.5, 0.6) is 0 Å². The molecule has 37 heavy (non-hydrogen) atoms. The first-order valence-electron chi connectivity index (χ1n) is 11.7. The number of thiazole rings is 1. The average Bonchev–Trinajstić information content (AvgIpc) is 3.40. The Morgan fingerprint density at radius 2 is 1.78 bits per heavy atom. The van der Waals surface area contributed by atoms with Crippen LogP contribution in [0.2, 0.25) is 0 Å². The van der Waals surface area contributed by atoms with Gasteiger partial charge in [0.25, 0.3) is 5.56 Å². The first kappa shape index (κ1) is 24.2. The number of para-hydroxylation sites is 1. The maximum Gasteiger partial charge on any atom is 0.305 e. The molecule has 3 aromatic carbocycles. The minimum atomic E-state index is -0.385. The summed E-state index contributed by atoms with van der Waals surface area (Å²) in [4.78, 5) is 38.6. The highest BCUT2D eigenvalue weighted by Crippen LogP contribution is 2.36. The van der Waals surface area contributed by atoms with Crippen LogP contribution < -0.4 is 15.8 Å². The second-order valence-electron chi connectivity index (χ2n) is 8.40. The molecule has 0 aliphatic carbocycles. The standard InChI is InChI=1S/C28H25N5O3S/c1-33(19-11-7-4-8-12-19)25-16-22-21(30-27(35)20(29-22)13-14-26(34)36-2)15-23(25)31-28-32-24(17-37-28)18-9-5-3-6-10-18/h3-12,15-17H,13-14H2,1-2H3,(H,30,35)(H,31,32). The molecule has 2 aromatic heterocycles. The molecule has 0 fully saturated rings. The van der Waals surface area contributed by atoms with Crippen molar-refractivity contribution >= 4 is 50.5 Å². The lowest BCUT2D eigenvalue weighted by atomic mass is 10.1. The van der Waals surface area contributed by atoms with Crippen LogP contribution in [0.3, 0.4) is 0 Å². The number of hydrogen-bond donors (Lipinski definition) is 2. The van der Waals surface area contributed by atoms with E-state index in [0.29, 0.717) is 16.7 Å². The number of esters is 1. The molecule has 8 nitrogen and oxygen atoms in total. The van der Waals surface area contributed by atoms with Gasteiger partial charge in [0, 0.05) is 30.1 Å². The Morgan fingerprint density at radius 3 is 2.51 bits per heavy atom. The minimum Gasteiger partial charge on any atom is -0.469 e. The number of aryl methyl sites for hydroxylation is 1. The van der Waals surface area contributed by atoms with Crippen LogP contribution in [0.15, 0.2) is 83.0 Å². The zero-order chi connectivity index (χ0) is 25.8. The number of nitrogens with one attached hydrogen (secondary N) is 2. The number of carbonyl (C=O) groups is 1. The number of carbonyl (C=O) groups excluding carboxylic acids is 1. The van der Waals surface area contributed by atoms with Crippen molar-refractivity contribution in [2.24, 2.45) is 0 Å². The maximum absolute atomic E-state index is 12.7. The van der Waals surface area contributed by atoms with E-state index in [2.05, 4.69) is 15.3 Å². The average molecular weight is 512 g/mol. The number of aromatic amines is 1. The molecule has 5 aromatic rings. The van der Waals surface area contributed by atoms with Crippen LogP contribution >= 0.6 is 11.3 Å². The number of nitrogens with zero attached hydrogens (tertiary/aromatic N) is 3. The lowest BCUT2D eigenvalue weighted by molar-refractivity contribution is -0.140. The molecule has 5 rings (SSSR count). The van der Waals surface area contributed by atoms with E-state index < -0.39 is 0 Å². The van der Waals surface area contributed by atoms with Crippen LogP contribution in [0.4, 0.5) is 22.2 Å². The molecule has 186 valence electrons. The van der Waals surface area contributed by atoms with Gasteiger partial charge in [-0.15, -0.1) is 11.3 Å². The van der Waals surface area contributed by atoms with Crippen molar-refractivity contribution in [3.8, 4) is 11.3 Å². The molecule has 9 heteroatoms. The number of aromatic nitrogens is 3. The van der Waals surface area contributed by atoms with Gasteiger partial charge in [-0.3, -0.25) is 9.59 Å². The number of ether oxygens (including phenoxy) is 1. The van der Waals surface area contributed by atoms with Crippen LogP contribution in [-0.4, -0.2) is 35.1 Å². The Kier molecular flexibility index (Phi) is 6.96. The van der Waals surface area contributed by atoms with Crippen LogP contribution in [0.1, 0.15) is 12.1 Å². The third-order valence-corrected chi connectivity index (χ3v) is 6.75. The number of rotatable bonds is 8. The molecule has 0 amide bonds. The molecule has 0 spiro atoms. The third kappa shape index (κ3) is 5.36. The summed E-state index contributed by atoms with van der Waals surface area (Å²) in [6, 6.07) is 23.8. The number of anilines is 4. The Morgan fingerprint density at radius 1 is 1.05 bits per heavy atom. The fraction of sp³-hybridized carbons (Fsp3) is 0.143. The summed E-state index contributed by atoms with van der Waals surface area (Å²) < 4.78 is 4.70. The Labute approximate surface area is 217 Å². The molecular formula is C28H25N5O3S. The molecule has 2 heterocycles. The lowest BCUT2D eigenvalue weighted by Crippen LogP contribution is -2.18. The fourth-order valence-electron chi connectivity index (χ4n) is 4.01. The number of methoxy groups -OCH3 is 1. The summed E-state index contributed by atoms with van der Waals surface area (Å²) in [5, 5.41) is 6.18. The monoisotopic (exact) mass is 511 g/mol. The molecule has 0 aliphatic rings. The highest BCUT2D eigenvalue weighted by Gasteiger charge is 2.16. The lowest BCUT2D eigenvalue weighted by Gasteiger charge is -2.23. The van der Waals surface area contributed by atoms with Crippen molar-refractivity contribution in [3.63, 3.8) is 0 Å². The SMILES string of the molecule is COC(=O)CCc1nc2cc(N(C)c3ccccc3)c(Nc3nc(-c4ccccc4)cs3)cc2[nH]c1=O. The highest BCUT2D eigenvalue weighted by atomic mass is 32.1. The first-order valence-corrected chi connectivity index (χ1v) is 12.6. The minimum absolute atomic E-state index is 0.0856. The van der Waals surface area contributed by atoms with E-state index in [-0.39, 0.29) is 24.4 Å². The van der Waals surface area contributed by atoms with Crippen LogP contribution in [0.25, 0.3) is 22.3 Å². The van der Waals surface area contributed by atoms with Crippen LogP contribution in [0, 0.1) is 0 Å². The molecular weight excluding hydrogens is 486 g/mol. The van der Waals surface area contributed by atoms with Crippen molar-refractivity contribution in [3.05, 3.63) is 94.2 Å². The first-order chi connectivity index (χ1) is 18.0. The second kappa shape index (κ2) is 10.6. The number of H-pyrrole nitrogens is 1. The summed E-state index contributed by atoms with van der Waals surface area (Å²) in [6.45, 7) is 0. The second-order valence-corrected chi connectivity index (χ2v) is 9.26. The topological polar surface area (TPSA) is 100 Å². The van der Waals surface area contributed by atoms with Gasteiger partial charge in [-0.25, -0.2) is 9.97 Å². The maximum atomic E-state index is 12.7. The van der Waals surface area contributed by atoms with Crippen LogP contribution in [-0.2, 0) is 16.0 Å². The summed E-state index contributed by atoms with van der Waals surface area (Å²) in [6.07, 6.45) is 0.283. The van der Waals surface area contributed by atoms with E-state index in [1.165, 1.54) is 18.4 Å². The van der Waals surface area contributed by atoms with Crippen molar-refractivity contribution < 1.29 is 9.53 Å². The number of fused-ring (bicyclic) bond motifs is 1. The van der Waals surface area contributed by atoms with Gasteiger partial charge >= 0.3 is 5.97 Å². The number of benzene rings is 3. The van der Waals surface area contributed by atoms with Gasteiger partial charge in [0.1, 0.15) is 5.69 Å². The van der Waals surface area contributed by atoms with Crippen molar-refractivity contribution in [2.75, 3.05) is 24.4 Å². The molecule has 0 saturated heterocycles. The quantitative estimate of drug-likeness (QED) is 0.259. The van der Waals surface area contributed by atoms with E-state index in [4.69, 9.17) is 9.72 Å². The van der Waals surface area contributed by atoms with Gasteiger partial charge < -0.3 is 19.9 Å². The Balaban J connectivity index is 1.56. The Bertz CT molecular complexity index is 1600. The molecule has 0 bridgehead atoms. The van der Waals surface area contributed by atoms with E-state index >= 15 is 0 Å². The van der Waals surface area contributed by atoms with Crippen molar-refractivity contribution in [1.82, 2.24) is 15.0 Å². The summed E-state index contributed by atoms with van der Waals surface area (Å²) >= 11 is 1.51. The molecule has 0 radical (unpaired) electrons. The number of hydrogen-bond acceptors (Lipinski definition) is 8. The van der Waals surface area contributed by atoms with Crippen molar-refractivity contribution in [2.45, 2.75) is 12.8 Å². The third-order valence-electron chi connectivity index (χ3n) is 5.99. The zero-order valence-electron chi connectivity index (χ0n) is 20.4. The fourth-order valence-corrected chi connectivity index (χ4v) is 4.74. The summed E-state index contributed by atoms with van der Waals surface area (Å²) in [7, 11) is 3.30. The van der Waals surface area contributed by atoms with E-state index in [1.54, 1.807) is 0 Å². The van der Waals surface area contributed by atoms with Crippen molar-refractivity contribution in [1.29, 1.82) is 0 Å². The van der Waals surface area contributed by atoms with E-state index in [1.807, 2.05) is 90.1 Å². The van der Waals surface area contributed by atoms with Gasteiger partial charge in [-0.05, 0) is 24.3 Å². The predicted octanol–water partition coefficient (Wildman–Crippen LogP) is 5.66. The molecule has 0 aliphatic heterocycles. The zero-order valence-corrected chi connectivity index (χ0v) is 21.2. The molecule has 0 atom stereocenters. The normalized spacial score (nSPS) is 10.9. The van der Waals surface area contributed by atoms with E-state index in [9.17, 15) is 9.59 Å². The summed E-state index contributed by atoms with van der Waals surface area (Å²) in [5.74, 6) is -0.385. The van der Waals surface area contributed by atoms with E-state index in [0.717, 1.165) is 33.5 Å². The molecule has 0 unspecified atom stereocenters. The summed E-state index contributed by atoms with van der Waals surface area (Å²) in [5.41, 5.74) is 5.71. The van der Waals surface area contributed by atoms with Gasteiger partial charge in [0.2, 0.25) is 0 Å². The molecule has 0 saturated carbocycles.